The van der Waals surface area contributed by atoms with Crippen LogP contribution in [0.25, 0.3) is 11.0 Å². The Morgan fingerprint density at radius 1 is 0.946 bits per heavy atom. The summed E-state index contributed by atoms with van der Waals surface area (Å²) >= 11 is 0. The molecule has 194 valence electrons. The van der Waals surface area contributed by atoms with Crippen LogP contribution in [0.5, 0.6) is 0 Å². The highest BCUT2D eigenvalue weighted by Gasteiger charge is 2.30. The van der Waals surface area contributed by atoms with Crippen molar-refractivity contribution in [1.82, 2.24) is 24.8 Å². The number of rotatable bonds is 6. The van der Waals surface area contributed by atoms with Crippen LogP contribution in [0.2, 0.25) is 0 Å². The van der Waals surface area contributed by atoms with Crippen molar-refractivity contribution in [2.45, 2.75) is 41.6 Å². The Labute approximate surface area is 222 Å². The van der Waals surface area contributed by atoms with Crippen LogP contribution in [0.1, 0.15) is 31.7 Å². The Bertz CT molecular complexity index is 1460. The monoisotopic (exact) mass is 539 g/mol. The molecule has 4 aromatic rings. The zero-order valence-electron chi connectivity index (χ0n) is 20.4. The van der Waals surface area contributed by atoms with Gasteiger partial charge in [0, 0.05) is 43.8 Å². The molecule has 0 radical (unpaired) electrons. The molecule has 9 nitrogen and oxygen atoms in total. The molecule has 37 heavy (non-hydrogen) atoms. The van der Waals surface area contributed by atoms with E-state index in [0.29, 0.717) is 22.8 Å². The lowest BCUT2D eigenvalue weighted by Crippen LogP contribution is -2.43. The van der Waals surface area contributed by atoms with Gasteiger partial charge in [-0.05, 0) is 43.2 Å². The molecule has 0 amide bonds. The van der Waals surface area contributed by atoms with Gasteiger partial charge in [0.25, 0.3) is 0 Å². The van der Waals surface area contributed by atoms with Crippen molar-refractivity contribution in [2.75, 3.05) is 36.4 Å². The molecule has 0 atom stereocenters. The van der Waals surface area contributed by atoms with Gasteiger partial charge in [0.1, 0.15) is 16.5 Å². The smallest absolute Gasteiger partial charge is 0.230 e. The lowest BCUT2D eigenvalue weighted by Gasteiger charge is -2.29. The highest BCUT2D eigenvalue weighted by atomic mass is 35.5. The molecule has 2 N–H and O–H groups in total. The number of sulfone groups is 1. The maximum absolute atomic E-state index is 13.6. The Kier molecular flexibility index (Phi) is 7.32. The molecule has 0 unspecified atom stereocenters. The first-order chi connectivity index (χ1) is 17.6. The first kappa shape index (κ1) is 25.4. The fraction of sp³-hybridized carbons (Fsp3) is 0.346. The van der Waals surface area contributed by atoms with E-state index in [2.05, 4.69) is 25.5 Å². The molecule has 1 aliphatic carbocycles. The summed E-state index contributed by atoms with van der Waals surface area (Å²) in [5.74, 6) is 1.04. The van der Waals surface area contributed by atoms with E-state index in [1.165, 1.54) is 0 Å². The molecule has 1 aliphatic heterocycles. The van der Waals surface area contributed by atoms with Crippen LogP contribution in [0.4, 0.5) is 17.5 Å². The van der Waals surface area contributed by atoms with E-state index in [1.807, 2.05) is 29.0 Å². The number of benzene rings is 1. The summed E-state index contributed by atoms with van der Waals surface area (Å²) in [5, 5.41) is 7.54. The van der Waals surface area contributed by atoms with E-state index in [1.54, 1.807) is 36.5 Å². The van der Waals surface area contributed by atoms with E-state index >= 15 is 0 Å². The van der Waals surface area contributed by atoms with Crippen LogP contribution in [-0.2, 0) is 9.84 Å². The number of pyridine rings is 1. The Morgan fingerprint density at radius 3 is 2.41 bits per heavy atom. The standard InChI is InChI=1S/C26H29N7O2S.ClH/c34-36(35,22-8-2-1-3-9-22)24-16-19-17-29-26(31-25(19)33(24)20-6-4-5-7-20)30-23-11-10-21(18-28-23)32-14-12-27-13-15-32;/h1-3,8-11,16-18,20,27H,4-7,12-15H2,(H,28,29,30,31);1H. The second-order valence-corrected chi connectivity index (χ2v) is 11.2. The normalized spacial score (nSPS) is 16.6. The summed E-state index contributed by atoms with van der Waals surface area (Å²) in [6, 6.07) is 14.4. The first-order valence-corrected chi connectivity index (χ1v) is 13.9. The number of anilines is 3. The van der Waals surface area contributed by atoms with Gasteiger partial charge >= 0.3 is 0 Å². The average Bonchev–Trinajstić information content (AvgIpc) is 3.58. The number of aromatic nitrogens is 4. The number of nitrogens with one attached hydrogen (secondary N) is 2. The quantitative estimate of drug-likeness (QED) is 0.372. The van der Waals surface area contributed by atoms with Crippen LogP contribution in [0.15, 0.2) is 70.8 Å². The molecule has 2 fully saturated rings. The lowest BCUT2D eigenvalue weighted by molar-refractivity contribution is 0.488. The minimum atomic E-state index is -3.70. The summed E-state index contributed by atoms with van der Waals surface area (Å²) in [7, 11) is -3.70. The molecule has 6 rings (SSSR count). The zero-order valence-corrected chi connectivity index (χ0v) is 22.0. The molecule has 1 saturated carbocycles. The van der Waals surface area contributed by atoms with Gasteiger partial charge in [-0.1, -0.05) is 31.0 Å². The van der Waals surface area contributed by atoms with Crippen molar-refractivity contribution in [3.05, 3.63) is 60.9 Å². The van der Waals surface area contributed by atoms with Crippen molar-refractivity contribution in [1.29, 1.82) is 0 Å². The van der Waals surface area contributed by atoms with Crippen molar-refractivity contribution in [3.8, 4) is 0 Å². The van der Waals surface area contributed by atoms with Crippen LogP contribution in [0.3, 0.4) is 0 Å². The second-order valence-electron chi connectivity index (χ2n) is 9.34. The Morgan fingerprint density at radius 2 is 1.70 bits per heavy atom. The van der Waals surface area contributed by atoms with Gasteiger partial charge in [-0.25, -0.2) is 18.4 Å². The summed E-state index contributed by atoms with van der Waals surface area (Å²) in [6.07, 6.45) is 7.57. The number of fused-ring (bicyclic) bond motifs is 1. The van der Waals surface area contributed by atoms with Crippen molar-refractivity contribution in [2.24, 2.45) is 0 Å². The molecule has 4 heterocycles. The summed E-state index contributed by atoms with van der Waals surface area (Å²) in [5.41, 5.74) is 1.72. The number of piperazine rings is 1. The van der Waals surface area contributed by atoms with Gasteiger partial charge in [0.2, 0.25) is 15.8 Å². The largest absolute Gasteiger partial charge is 0.368 e. The van der Waals surface area contributed by atoms with Gasteiger partial charge in [-0.3, -0.25) is 0 Å². The van der Waals surface area contributed by atoms with Crippen LogP contribution in [0, 0.1) is 0 Å². The lowest BCUT2D eigenvalue weighted by atomic mass is 10.2. The van der Waals surface area contributed by atoms with E-state index in [9.17, 15) is 8.42 Å². The maximum Gasteiger partial charge on any atom is 0.230 e. The third-order valence-electron chi connectivity index (χ3n) is 7.03. The molecular weight excluding hydrogens is 510 g/mol. The van der Waals surface area contributed by atoms with Crippen molar-refractivity contribution in [3.63, 3.8) is 0 Å². The second kappa shape index (κ2) is 10.6. The maximum atomic E-state index is 13.6. The van der Waals surface area contributed by atoms with Crippen LogP contribution in [-0.4, -0.2) is 54.1 Å². The zero-order chi connectivity index (χ0) is 24.5. The molecule has 2 aliphatic rings. The van der Waals surface area contributed by atoms with E-state index in [-0.39, 0.29) is 28.4 Å². The summed E-state index contributed by atoms with van der Waals surface area (Å²) in [6.45, 7) is 3.86. The minimum Gasteiger partial charge on any atom is -0.368 e. The van der Waals surface area contributed by atoms with Gasteiger partial charge in [0.05, 0.1) is 16.8 Å². The van der Waals surface area contributed by atoms with Gasteiger partial charge in [0.15, 0.2) is 0 Å². The first-order valence-electron chi connectivity index (χ1n) is 12.5. The predicted octanol–water partition coefficient (Wildman–Crippen LogP) is 4.35. The minimum absolute atomic E-state index is 0. The number of halogens is 1. The Hall–Kier alpha value is -3.21. The molecule has 1 aromatic carbocycles. The average molecular weight is 540 g/mol. The van der Waals surface area contributed by atoms with Gasteiger partial charge in [-0.2, -0.15) is 4.98 Å². The molecule has 0 spiro atoms. The fourth-order valence-corrected chi connectivity index (χ4v) is 6.71. The highest BCUT2D eigenvalue weighted by molar-refractivity contribution is 7.91. The van der Waals surface area contributed by atoms with Crippen molar-refractivity contribution >= 4 is 50.7 Å². The third kappa shape index (κ3) is 5.01. The van der Waals surface area contributed by atoms with E-state index in [4.69, 9.17) is 4.98 Å². The van der Waals surface area contributed by atoms with E-state index in [0.717, 1.165) is 57.5 Å². The van der Waals surface area contributed by atoms with Crippen LogP contribution >= 0.6 is 12.4 Å². The van der Waals surface area contributed by atoms with E-state index < -0.39 is 9.84 Å². The van der Waals surface area contributed by atoms with Gasteiger partial charge < -0.3 is 20.1 Å². The van der Waals surface area contributed by atoms with Crippen molar-refractivity contribution < 1.29 is 8.42 Å². The summed E-state index contributed by atoms with van der Waals surface area (Å²) < 4.78 is 29.1. The summed E-state index contributed by atoms with van der Waals surface area (Å²) in [4.78, 5) is 16.4. The van der Waals surface area contributed by atoms with Gasteiger partial charge in [-0.15, -0.1) is 12.4 Å². The molecule has 11 heteroatoms. The molecule has 0 bridgehead atoms. The Balaban J connectivity index is 0.00000280. The fourth-order valence-electron chi connectivity index (χ4n) is 5.17. The topological polar surface area (TPSA) is 105 Å². The molecule has 3 aromatic heterocycles. The predicted molar refractivity (Wildman–Crippen MR) is 147 cm³/mol. The molecular formula is C26H30ClN7O2S. The molecule has 1 saturated heterocycles. The number of nitrogens with zero attached hydrogens (tertiary/aromatic N) is 5. The number of hydrogen-bond donors (Lipinski definition) is 2. The SMILES string of the molecule is Cl.O=S(=O)(c1ccccc1)c1cc2cnc(Nc3ccc(N4CCNCC4)cn3)nc2n1C1CCCC1. The number of hydrogen-bond acceptors (Lipinski definition) is 8. The van der Waals surface area contributed by atoms with Crippen LogP contribution < -0.4 is 15.5 Å². The third-order valence-corrected chi connectivity index (χ3v) is 8.79. The highest BCUT2D eigenvalue weighted by Crippen LogP contribution is 2.37.